The smallest absolute Gasteiger partial charge is 0.273 e. The molecule has 0 aliphatic rings. The lowest BCUT2D eigenvalue weighted by Crippen LogP contribution is -2.14. The van der Waals surface area contributed by atoms with E-state index < -0.39 is 10.8 Å². The van der Waals surface area contributed by atoms with Gasteiger partial charge in [0.2, 0.25) is 0 Å². The Labute approximate surface area is 115 Å². The molecule has 1 amide bonds. The summed E-state index contributed by atoms with van der Waals surface area (Å²) in [5.74, 6) is -0.393. The largest absolute Gasteiger partial charge is 0.399 e. The Morgan fingerprint density at radius 2 is 1.85 bits per heavy atom. The standard InChI is InChI=1S/C14H13N3O3/c1-9-12(3-2-4-13(9)17(19)20)14(18)16-11-7-5-10(15)6-8-11/h2-8H,15H2,1H3,(H,16,18). The molecule has 3 N–H and O–H groups in total. The third-order valence-electron chi connectivity index (χ3n) is 2.92. The minimum absolute atomic E-state index is 0.0741. The number of hydrogen-bond donors (Lipinski definition) is 2. The molecule has 2 aromatic rings. The lowest BCUT2D eigenvalue weighted by molar-refractivity contribution is -0.385. The number of rotatable bonds is 3. The molecule has 6 nitrogen and oxygen atoms in total. The zero-order chi connectivity index (χ0) is 14.7. The van der Waals surface area contributed by atoms with Gasteiger partial charge in [0, 0.05) is 28.6 Å². The van der Waals surface area contributed by atoms with Gasteiger partial charge < -0.3 is 11.1 Å². The highest BCUT2D eigenvalue weighted by Gasteiger charge is 2.17. The predicted octanol–water partition coefficient (Wildman–Crippen LogP) is 2.74. The summed E-state index contributed by atoms with van der Waals surface area (Å²) in [5, 5.41) is 13.5. The summed E-state index contributed by atoms with van der Waals surface area (Å²) in [7, 11) is 0. The van der Waals surface area contributed by atoms with Gasteiger partial charge in [-0.05, 0) is 37.3 Å². The van der Waals surface area contributed by atoms with Gasteiger partial charge in [0.15, 0.2) is 0 Å². The van der Waals surface area contributed by atoms with Crippen molar-refractivity contribution in [1.82, 2.24) is 0 Å². The van der Waals surface area contributed by atoms with Crippen molar-refractivity contribution in [2.75, 3.05) is 11.1 Å². The lowest BCUT2D eigenvalue weighted by Gasteiger charge is -2.08. The van der Waals surface area contributed by atoms with Crippen molar-refractivity contribution < 1.29 is 9.72 Å². The molecule has 0 atom stereocenters. The number of nitrogens with two attached hydrogens (primary N) is 1. The SMILES string of the molecule is Cc1c(C(=O)Nc2ccc(N)cc2)cccc1[N+](=O)[O-]. The first-order chi connectivity index (χ1) is 9.49. The van der Waals surface area contributed by atoms with Crippen LogP contribution in [0.4, 0.5) is 17.1 Å². The Hall–Kier alpha value is -2.89. The Morgan fingerprint density at radius 3 is 2.45 bits per heavy atom. The molecule has 20 heavy (non-hydrogen) atoms. The van der Waals surface area contributed by atoms with E-state index in [1.165, 1.54) is 12.1 Å². The predicted molar refractivity (Wildman–Crippen MR) is 76.6 cm³/mol. The molecule has 2 aromatic carbocycles. The van der Waals surface area contributed by atoms with Gasteiger partial charge in [-0.1, -0.05) is 6.07 Å². The van der Waals surface area contributed by atoms with E-state index in [9.17, 15) is 14.9 Å². The molecule has 0 aliphatic carbocycles. The average molecular weight is 271 g/mol. The van der Waals surface area contributed by atoms with E-state index >= 15 is 0 Å². The van der Waals surface area contributed by atoms with Crippen molar-refractivity contribution >= 4 is 23.0 Å². The number of carbonyl (C=O) groups excluding carboxylic acids is 1. The molecule has 102 valence electrons. The fourth-order valence-electron chi connectivity index (χ4n) is 1.83. The van der Waals surface area contributed by atoms with E-state index in [0.29, 0.717) is 16.9 Å². The molecule has 0 saturated heterocycles. The summed E-state index contributed by atoms with van der Waals surface area (Å²) >= 11 is 0. The number of anilines is 2. The quantitative estimate of drug-likeness (QED) is 0.509. The van der Waals surface area contributed by atoms with Gasteiger partial charge in [0.1, 0.15) is 0 Å². The van der Waals surface area contributed by atoms with Gasteiger partial charge in [-0.25, -0.2) is 0 Å². The summed E-state index contributed by atoms with van der Waals surface area (Å²) in [4.78, 5) is 22.5. The summed E-state index contributed by atoms with van der Waals surface area (Å²) in [5.41, 5.74) is 7.27. The molecule has 0 aromatic heterocycles. The molecule has 0 heterocycles. The number of nitro groups is 1. The van der Waals surface area contributed by atoms with Crippen LogP contribution in [-0.4, -0.2) is 10.8 Å². The number of nitrogen functional groups attached to an aromatic ring is 1. The molecular weight excluding hydrogens is 258 g/mol. The number of carbonyl (C=O) groups is 1. The van der Waals surface area contributed by atoms with Crippen LogP contribution in [0.25, 0.3) is 0 Å². The van der Waals surface area contributed by atoms with Gasteiger partial charge in [-0.15, -0.1) is 0 Å². The van der Waals surface area contributed by atoms with Crippen molar-refractivity contribution in [3.05, 3.63) is 63.7 Å². The maximum Gasteiger partial charge on any atom is 0.273 e. The second-order valence-electron chi connectivity index (χ2n) is 4.28. The van der Waals surface area contributed by atoms with Gasteiger partial charge in [-0.3, -0.25) is 14.9 Å². The molecule has 0 saturated carbocycles. The molecule has 0 bridgehead atoms. The molecule has 0 radical (unpaired) electrons. The average Bonchev–Trinajstić information content (AvgIpc) is 2.41. The molecule has 0 aliphatic heterocycles. The molecular formula is C14H13N3O3. The topological polar surface area (TPSA) is 98.3 Å². The molecule has 0 unspecified atom stereocenters. The second kappa shape index (κ2) is 5.40. The Morgan fingerprint density at radius 1 is 1.20 bits per heavy atom. The first-order valence-electron chi connectivity index (χ1n) is 5.90. The third-order valence-corrected chi connectivity index (χ3v) is 2.92. The normalized spacial score (nSPS) is 10.1. The maximum absolute atomic E-state index is 12.1. The highest BCUT2D eigenvalue weighted by atomic mass is 16.6. The van der Waals surface area contributed by atoms with Crippen LogP contribution < -0.4 is 11.1 Å². The fraction of sp³-hybridized carbons (Fsp3) is 0.0714. The first kappa shape index (κ1) is 13.5. The highest BCUT2D eigenvalue weighted by molar-refractivity contribution is 6.05. The van der Waals surface area contributed by atoms with E-state index in [2.05, 4.69) is 5.32 Å². The third kappa shape index (κ3) is 2.74. The van der Waals surface area contributed by atoms with Crippen molar-refractivity contribution in [2.24, 2.45) is 0 Å². The monoisotopic (exact) mass is 271 g/mol. The van der Waals surface area contributed by atoms with Gasteiger partial charge >= 0.3 is 0 Å². The minimum atomic E-state index is -0.505. The number of hydrogen-bond acceptors (Lipinski definition) is 4. The van der Waals surface area contributed by atoms with Crippen molar-refractivity contribution in [3.63, 3.8) is 0 Å². The van der Waals surface area contributed by atoms with Crippen LogP contribution in [0.5, 0.6) is 0 Å². The number of benzene rings is 2. The zero-order valence-corrected chi connectivity index (χ0v) is 10.8. The van der Waals surface area contributed by atoms with Crippen molar-refractivity contribution in [3.8, 4) is 0 Å². The van der Waals surface area contributed by atoms with Crippen LogP contribution in [0.15, 0.2) is 42.5 Å². The van der Waals surface area contributed by atoms with E-state index in [-0.39, 0.29) is 11.3 Å². The second-order valence-corrected chi connectivity index (χ2v) is 4.28. The molecule has 0 fully saturated rings. The summed E-state index contributed by atoms with van der Waals surface area (Å²) in [6, 6.07) is 11.1. The maximum atomic E-state index is 12.1. The Bertz CT molecular complexity index is 666. The fourth-order valence-corrected chi connectivity index (χ4v) is 1.83. The van der Waals surface area contributed by atoms with Gasteiger partial charge in [0.25, 0.3) is 11.6 Å². The molecule has 0 spiro atoms. The number of nitrogens with one attached hydrogen (secondary N) is 1. The lowest BCUT2D eigenvalue weighted by atomic mass is 10.1. The van der Waals surface area contributed by atoms with E-state index in [0.717, 1.165) is 0 Å². The van der Waals surface area contributed by atoms with Crippen molar-refractivity contribution in [1.29, 1.82) is 0 Å². The Kier molecular flexibility index (Phi) is 3.65. The zero-order valence-electron chi connectivity index (χ0n) is 10.8. The molecule has 2 rings (SSSR count). The van der Waals surface area contributed by atoms with Gasteiger partial charge in [0.05, 0.1) is 4.92 Å². The van der Waals surface area contributed by atoms with E-state index in [1.807, 2.05) is 0 Å². The van der Waals surface area contributed by atoms with Crippen LogP contribution in [-0.2, 0) is 0 Å². The number of nitro benzene ring substituents is 1. The summed E-state index contributed by atoms with van der Waals surface area (Å²) in [6.07, 6.45) is 0. The van der Waals surface area contributed by atoms with Crippen LogP contribution in [0.3, 0.4) is 0 Å². The van der Waals surface area contributed by atoms with Crippen LogP contribution in [0, 0.1) is 17.0 Å². The first-order valence-corrected chi connectivity index (χ1v) is 5.90. The van der Waals surface area contributed by atoms with Crippen LogP contribution in [0.2, 0.25) is 0 Å². The van der Waals surface area contributed by atoms with Crippen LogP contribution >= 0.6 is 0 Å². The number of nitrogens with zero attached hydrogens (tertiary/aromatic N) is 1. The highest BCUT2D eigenvalue weighted by Crippen LogP contribution is 2.22. The minimum Gasteiger partial charge on any atom is -0.399 e. The summed E-state index contributed by atoms with van der Waals surface area (Å²) < 4.78 is 0. The Balaban J connectivity index is 2.28. The van der Waals surface area contributed by atoms with E-state index in [4.69, 9.17) is 5.73 Å². The van der Waals surface area contributed by atoms with Crippen molar-refractivity contribution in [2.45, 2.75) is 6.92 Å². The number of amides is 1. The molecule has 6 heteroatoms. The van der Waals surface area contributed by atoms with Gasteiger partial charge in [-0.2, -0.15) is 0 Å². The van der Waals surface area contributed by atoms with Crippen LogP contribution in [0.1, 0.15) is 15.9 Å². The summed E-state index contributed by atoms with van der Waals surface area (Å²) in [6.45, 7) is 1.55. The van der Waals surface area contributed by atoms with E-state index in [1.54, 1.807) is 37.3 Å².